The Morgan fingerprint density at radius 1 is 1.38 bits per heavy atom. The van der Waals surface area contributed by atoms with Crippen molar-refractivity contribution in [1.82, 2.24) is 10.2 Å². The molecule has 1 aromatic heterocycles. The number of hydrogen-bond acceptors (Lipinski definition) is 6. The number of nitrogens with zero attached hydrogens (tertiary/aromatic N) is 1. The van der Waals surface area contributed by atoms with Gasteiger partial charge in [-0.15, -0.1) is 5.10 Å². The topological polar surface area (TPSA) is 94.4 Å². The maximum atomic E-state index is 12.0. The summed E-state index contributed by atoms with van der Waals surface area (Å²) in [5, 5.41) is 6.06. The first-order chi connectivity index (χ1) is 12.3. The Kier molecular flexibility index (Phi) is 5.15. The first-order valence-electron chi connectivity index (χ1n) is 8.83. The van der Waals surface area contributed by atoms with Gasteiger partial charge in [0.25, 0.3) is 0 Å². The molecule has 0 aliphatic carbocycles. The van der Waals surface area contributed by atoms with E-state index in [0.717, 1.165) is 36.1 Å². The largest absolute Gasteiger partial charge is 0.490 e. The van der Waals surface area contributed by atoms with Crippen LogP contribution in [-0.4, -0.2) is 27.9 Å². The molecule has 0 radical (unpaired) electrons. The molecule has 0 amide bonds. The van der Waals surface area contributed by atoms with Gasteiger partial charge in [-0.3, -0.25) is 4.79 Å². The molecule has 140 valence electrons. The highest BCUT2D eigenvalue weighted by Gasteiger charge is 2.22. The van der Waals surface area contributed by atoms with Gasteiger partial charge in [0.15, 0.2) is 0 Å². The van der Waals surface area contributed by atoms with Crippen LogP contribution in [-0.2, 0) is 28.8 Å². The Morgan fingerprint density at radius 2 is 2.19 bits per heavy atom. The third-order valence-electron chi connectivity index (χ3n) is 4.09. The SMILES string of the molecule is CC(C)(C)OC(=O)Cc1ccc2c(c1)CC[C@H](CCc1n[nH]c(=O)o1)O2. The van der Waals surface area contributed by atoms with E-state index in [4.69, 9.17) is 13.9 Å². The third kappa shape index (κ3) is 4.97. The zero-order valence-corrected chi connectivity index (χ0v) is 15.3. The van der Waals surface area contributed by atoms with Crippen LogP contribution in [0.1, 0.15) is 50.6 Å². The van der Waals surface area contributed by atoms with Gasteiger partial charge in [-0.05, 0) is 57.2 Å². The highest BCUT2D eigenvalue weighted by atomic mass is 16.6. The van der Waals surface area contributed by atoms with Crippen LogP contribution in [0.25, 0.3) is 0 Å². The van der Waals surface area contributed by atoms with Crippen LogP contribution in [0.15, 0.2) is 27.4 Å². The number of nitrogens with one attached hydrogen (secondary N) is 1. The standard InChI is InChI=1S/C19H24N2O5/c1-19(2,3)26-17(22)11-12-4-8-15-13(10-12)5-6-14(24-15)7-9-16-20-21-18(23)25-16/h4,8,10,14H,5-7,9,11H2,1-3H3,(H,21,23)/t14-/m1/s1. The second kappa shape index (κ2) is 7.35. The molecule has 1 aliphatic rings. The molecule has 3 rings (SSSR count). The van der Waals surface area contributed by atoms with Crippen molar-refractivity contribution in [1.29, 1.82) is 0 Å². The lowest BCUT2D eigenvalue weighted by Crippen LogP contribution is -2.25. The molecule has 0 fully saturated rings. The minimum absolute atomic E-state index is 0.0567. The third-order valence-corrected chi connectivity index (χ3v) is 4.09. The lowest BCUT2D eigenvalue weighted by molar-refractivity contribution is -0.153. The van der Waals surface area contributed by atoms with Gasteiger partial charge < -0.3 is 13.9 Å². The molecule has 7 heteroatoms. The number of carbonyl (C=O) groups excluding carboxylic acids is 1. The van der Waals surface area contributed by atoms with Crippen molar-refractivity contribution in [3.63, 3.8) is 0 Å². The number of aryl methyl sites for hydroxylation is 2. The van der Waals surface area contributed by atoms with E-state index in [2.05, 4.69) is 10.2 Å². The number of hydrogen-bond donors (Lipinski definition) is 1. The molecule has 1 aliphatic heterocycles. The van der Waals surface area contributed by atoms with Crippen LogP contribution in [0.4, 0.5) is 0 Å². The first kappa shape index (κ1) is 18.2. The van der Waals surface area contributed by atoms with E-state index in [-0.39, 0.29) is 18.5 Å². The number of rotatable bonds is 5. The molecule has 2 aromatic rings. The van der Waals surface area contributed by atoms with E-state index in [1.54, 1.807) is 0 Å². The molecule has 0 saturated heterocycles. The second-order valence-electron chi connectivity index (χ2n) is 7.53. The molecule has 1 aromatic carbocycles. The fourth-order valence-corrected chi connectivity index (χ4v) is 3.01. The number of fused-ring (bicyclic) bond motifs is 1. The van der Waals surface area contributed by atoms with Gasteiger partial charge in [0.2, 0.25) is 5.89 Å². The Labute approximate surface area is 151 Å². The summed E-state index contributed by atoms with van der Waals surface area (Å²) < 4.78 is 16.3. The summed E-state index contributed by atoms with van der Waals surface area (Å²) >= 11 is 0. The van der Waals surface area contributed by atoms with Crippen LogP contribution in [0.2, 0.25) is 0 Å². The van der Waals surface area contributed by atoms with Crippen LogP contribution in [0, 0.1) is 0 Å². The summed E-state index contributed by atoms with van der Waals surface area (Å²) in [6, 6.07) is 5.83. The van der Waals surface area contributed by atoms with Crippen LogP contribution < -0.4 is 10.5 Å². The molecule has 1 N–H and O–H groups in total. The Balaban J connectivity index is 1.56. The van der Waals surface area contributed by atoms with Gasteiger partial charge in [-0.1, -0.05) is 12.1 Å². The highest BCUT2D eigenvalue weighted by molar-refractivity contribution is 5.73. The highest BCUT2D eigenvalue weighted by Crippen LogP contribution is 2.30. The lowest BCUT2D eigenvalue weighted by Gasteiger charge is -2.26. The molecular formula is C19H24N2O5. The molecule has 7 nitrogen and oxygen atoms in total. The second-order valence-corrected chi connectivity index (χ2v) is 7.53. The van der Waals surface area contributed by atoms with Gasteiger partial charge in [0.1, 0.15) is 11.4 Å². The average Bonchev–Trinajstić information content (AvgIpc) is 2.96. The number of aromatic nitrogens is 2. The zero-order chi connectivity index (χ0) is 18.7. The number of esters is 1. The van der Waals surface area contributed by atoms with Crippen molar-refractivity contribution in [3.05, 3.63) is 45.8 Å². The van der Waals surface area contributed by atoms with Crippen LogP contribution in [0.5, 0.6) is 5.75 Å². The summed E-state index contributed by atoms with van der Waals surface area (Å²) in [4.78, 5) is 22.9. The molecule has 2 heterocycles. The number of H-pyrrole nitrogens is 1. The number of ether oxygens (including phenoxy) is 2. The normalized spacial score (nSPS) is 16.7. The monoisotopic (exact) mass is 360 g/mol. The Morgan fingerprint density at radius 3 is 2.88 bits per heavy atom. The van der Waals surface area contributed by atoms with Crippen LogP contribution >= 0.6 is 0 Å². The van der Waals surface area contributed by atoms with E-state index >= 15 is 0 Å². The van der Waals surface area contributed by atoms with Gasteiger partial charge in [-0.25, -0.2) is 9.89 Å². The smallest absolute Gasteiger partial charge is 0.434 e. The van der Waals surface area contributed by atoms with Gasteiger partial charge in [0.05, 0.1) is 12.5 Å². The van der Waals surface area contributed by atoms with Gasteiger partial charge in [-0.2, -0.15) is 0 Å². The Hall–Kier alpha value is -2.57. The molecule has 0 spiro atoms. The minimum Gasteiger partial charge on any atom is -0.490 e. The molecule has 1 atom stereocenters. The van der Waals surface area contributed by atoms with Crippen molar-refractivity contribution in [2.24, 2.45) is 0 Å². The van der Waals surface area contributed by atoms with Gasteiger partial charge >= 0.3 is 11.7 Å². The quantitative estimate of drug-likeness (QED) is 0.824. The summed E-state index contributed by atoms with van der Waals surface area (Å²) in [7, 11) is 0. The van der Waals surface area contributed by atoms with E-state index in [0.29, 0.717) is 12.3 Å². The summed E-state index contributed by atoms with van der Waals surface area (Å²) in [5.41, 5.74) is 1.56. The summed E-state index contributed by atoms with van der Waals surface area (Å²) in [6.07, 6.45) is 3.35. The predicted octanol–water partition coefficient (Wildman–Crippen LogP) is 2.57. The number of carbonyl (C=O) groups is 1. The van der Waals surface area contributed by atoms with Crippen molar-refractivity contribution in [2.45, 2.75) is 64.6 Å². The van der Waals surface area contributed by atoms with Crippen molar-refractivity contribution in [3.8, 4) is 5.75 Å². The average molecular weight is 360 g/mol. The maximum Gasteiger partial charge on any atom is 0.434 e. The zero-order valence-electron chi connectivity index (χ0n) is 15.3. The first-order valence-corrected chi connectivity index (χ1v) is 8.83. The molecular weight excluding hydrogens is 336 g/mol. The number of benzene rings is 1. The molecule has 0 unspecified atom stereocenters. The van der Waals surface area contributed by atoms with Crippen molar-refractivity contribution in [2.75, 3.05) is 0 Å². The van der Waals surface area contributed by atoms with Crippen LogP contribution in [0.3, 0.4) is 0 Å². The summed E-state index contributed by atoms with van der Waals surface area (Å²) in [6.45, 7) is 5.58. The number of aromatic amines is 1. The lowest BCUT2D eigenvalue weighted by atomic mass is 9.97. The van der Waals surface area contributed by atoms with Gasteiger partial charge in [0, 0.05) is 6.42 Å². The van der Waals surface area contributed by atoms with E-state index in [1.165, 1.54) is 0 Å². The maximum absolute atomic E-state index is 12.0. The van der Waals surface area contributed by atoms with Crippen molar-refractivity contribution < 1.29 is 18.7 Å². The minimum atomic E-state index is -0.535. The van der Waals surface area contributed by atoms with Crippen molar-refractivity contribution >= 4 is 5.97 Å². The fourth-order valence-electron chi connectivity index (χ4n) is 3.01. The van der Waals surface area contributed by atoms with E-state index < -0.39 is 11.4 Å². The molecule has 0 bridgehead atoms. The van der Waals surface area contributed by atoms with E-state index in [9.17, 15) is 9.59 Å². The fraction of sp³-hybridized carbons (Fsp3) is 0.526. The predicted molar refractivity (Wildman–Crippen MR) is 94.2 cm³/mol. The Bertz CT molecular complexity index is 831. The van der Waals surface area contributed by atoms with E-state index in [1.807, 2.05) is 39.0 Å². The molecule has 26 heavy (non-hydrogen) atoms. The molecule has 0 saturated carbocycles. The summed E-state index contributed by atoms with van der Waals surface area (Å²) in [5.74, 6) is 0.481.